The maximum atomic E-state index is 11.3. The van der Waals surface area contributed by atoms with E-state index in [1.165, 1.54) is 5.56 Å². The Morgan fingerprint density at radius 2 is 2.00 bits per heavy atom. The fourth-order valence-corrected chi connectivity index (χ4v) is 3.04. The average Bonchev–Trinajstić information content (AvgIpc) is 2.84. The first-order chi connectivity index (χ1) is 11.0. The van der Waals surface area contributed by atoms with Crippen molar-refractivity contribution in [2.24, 2.45) is 0 Å². The normalized spacial score (nSPS) is 11.3. The summed E-state index contributed by atoms with van der Waals surface area (Å²) < 4.78 is 0. The van der Waals surface area contributed by atoms with E-state index >= 15 is 0 Å². The van der Waals surface area contributed by atoms with Crippen LogP contribution < -0.4 is 0 Å². The fourth-order valence-electron chi connectivity index (χ4n) is 2.85. The van der Waals surface area contributed by atoms with E-state index in [9.17, 15) is 9.90 Å². The van der Waals surface area contributed by atoms with E-state index in [2.05, 4.69) is 31.0 Å². The van der Waals surface area contributed by atoms with Crippen LogP contribution in [0.2, 0.25) is 5.02 Å². The monoisotopic (exact) mass is 327 g/mol. The van der Waals surface area contributed by atoms with Crippen LogP contribution in [0.3, 0.4) is 0 Å². The van der Waals surface area contributed by atoms with Crippen molar-refractivity contribution in [2.45, 2.75) is 26.2 Å². The molecule has 3 nitrogen and oxygen atoms in total. The first-order valence-corrected chi connectivity index (χ1v) is 7.95. The Kier molecular flexibility index (Phi) is 4.14. The second kappa shape index (κ2) is 6.09. The Morgan fingerprint density at radius 3 is 2.65 bits per heavy atom. The van der Waals surface area contributed by atoms with Crippen molar-refractivity contribution in [2.75, 3.05) is 0 Å². The van der Waals surface area contributed by atoms with E-state index in [0.29, 0.717) is 10.9 Å². The number of fused-ring (bicyclic) bond motifs is 1. The molecular formula is C19H18ClNO2. The summed E-state index contributed by atoms with van der Waals surface area (Å²) in [7, 11) is 0. The number of carboxylic acid groups (broad SMARTS) is 1. The van der Waals surface area contributed by atoms with Gasteiger partial charge in [-0.1, -0.05) is 43.6 Å². The van der Waals surface area contributed by atoms with Gasteiger partial charge < -0.3 is 10.1 Å². The number of aromatic amines is 1. The second-order valence-corrected chi connectivity index (χ2v) is 6.46. The molecule has 2 N–H and O–H groups in total. The molecule has 23 heavy (non-hydrogen) atoms. The molecule has 0 radical (unpaired) electrons. The molecule has 0 aliphatic carbocycles. The van der Waals surface area contributed by atoms with Crippen molar-refractivity contribution in [1.29, 1.82) is 0 Å². The van der Waals surface area contributed by atoms with Gasteiger partial charge in [0, 0.05) is 15.9 Å². The van der Waals surface area contributed by atoms with Gasteiger partial charge in [-0.05, 0) is 46.9 Å². The molecule has 2 aromatic carbocycles. The van der Waals surface area contributed by atoms with Crippen molar-refractivity contribution in [3.8, 4) is 11.3 Å². The van der Waals surface area contributed by atoms with Crippen molar-refractivity contribution >= 4 is 28.5 Å². The Morgan fingerprint density at radius 1 is 1.22 bits per heavy atom. The van der Waals surface area contributed by atoms with Crippen molar-refractivity contribution in [3.63, 3.8) is 0 Å². The Balaban J connectivity index is 2.26. The highest BCUT2D eigenvalue weighted by Crippen LogP contribution is 2.33. The fraction of sp³-hybridized carbons (Fsp3) is 0.211. The Bertz CT molecular complexity index is 880. The molecule has 3 aromatic rings. The van der Waals surface area contributed by atoms with Crippen LogP contribution in [-0.2, 0) is 11.2 Å². The third-order valence-electron chi connectivity index (χ3n) is 4.04. The van der Waals surface area contributed by atoms with Gasteiger partial charge >= 0.3 is 5.97 Å². The molecule has 0 aliphatic heterocycles. The number of hydrogen-bond donors (Lipinski definition) is 2. The third kappa shape index (κ3) is 3.10. The standard InChI is InChI=1S/C19H18ClNO2/c1-11(2)12-6-7-17-15(9-12)16(10-18(22)23)19(21-17)13-4-3-5-14(20)8-13/h3-9,11,21H,10H2,1-2H3,(H,22,23). The first kappa shape index (κ1) is 15.6. The smallest absolute Gasteiger partial charge is 0.307 e. The van der Waals surface area contributed by atoms with Crippen LogP contribution in [0, 0.1) is 0 Å². The zero-order valence-electron chi connectivity index (χ0n) is 13.1. The molecule has 118 valence electrons. The molecule has 0 unspecified atom stereocenters. The van der Waals surface area contributed by atoms with Crippen molar-refractivity contribution in [1.82, 2.24) is 4.98 Å². The number of carboxylic acids is 1. The number of aliphatic carboxylic acids is 1. The van der Waals surface area contributed by atoms with Gasteiger partial charge in [-0.3, -0.25) is 4.79 Å². The summed E-state index contributed by atoms with van der Waals surface area (Å²) in [5, 5.41) is 10.9. The van der Waals surface area contributed by atoms with Crippen LogP contribution in [0.25, 0.3) is 22.2 Å². The average molecular weight is 328 g/mol. The van der Waals surface area contributed by atoms with Crippen LogP contribution in [0.5, 0.6) is 0 Å². The summed E-state index contributed by atoms with van der Waals surface area (Å²) in [4.78, 5) is 14.7. The minimum atomic E-state index is -0.843. The first-order valence-electron chi connectivity index (χ1n) is 7.58. The lowest BCUT2D eigenvalue weighted by Gasteiger charge is -2.06. The molecule has 0 aliphatic rings. The largest absolute Gasteiger partial charge is 0.481 e. The van der Waals surface area contributed by atoms with Gasteiger partial charge in [0.1, 0.15) is 0 Å². The summed E-state index contributed by atoms with van der Waals surface area (Å²) in [5.41, 5.74) is 4.67. The van der Waals surface area contributed by atoms with Gasteiger partial charge in [-0.2, -0.15) is 0 Å². The molecule has 4 heteroatoms. The summed E-state index contributed by atoms with van der Waals surface area (Å²) in [6, 6.07) is 13.6. The van der Waals surface area contributed by atoms with Gasteiger partial charge in [-0.25, -0.2) is 0 Å². The van der Waals surface area contributed by atoms with Gasteiger partial charge in [0.25, 0.3) is 0 Å². The predicted octanol–water partition coefficient (Wildman–Crippen LogP) is 5.24. The lowest BCUT2D eigenvalue weighted by Crippen LogP contribution is -2.01. The molecule has 1 heterocycles. The SMILES string of the molecule is CC(C)c1ccc2[nH]c(-c3cccc(Cl)c3)c(CC(=O)O)c2c1. The molecule has 0 spiro atoms. The molecule has 0 bridgehead atoms. The van der Waals surface area contributed by atoms with Gasteiger partial charge in [0.2, 0.25) is 0 Å². The van der Waals surface area contributed by atoms with Gasteiger partial charge in [-0.15, -0.1) is 0 Å². The van der Waals surface area contributed by atoms with E-state index in [0.717, 1.165) is 27.7 Å². The Hall–Kier alpha value is -2.26. The summed E-state index contributed by atoms with van der Waals surface area (Å²) >= 11 is 6.09. The minimum absolute atomic E-state index is 0.0244. The van der Waals surface area contributed by atoms with Crippen molar-refractivity contribution < 1.29 is 9.90 Å². The van der Waals surface area contributed by atoms with Crippen LogP contribution >= 0.6 is 11.6 Å². The number of hydrogen-bond acceptors (Lipinski definition) is 1. The molecule has 0 fully saturated rings. The zero-order valence-corrected chi connectivity index (χ0v) is 13.8. The van der Waals surface area contributed by atoms with E-state index in [1.807, 2.05) is 24.3 Å². The van der Waals surface area contributed by atoms with Gasteiger partial charge in [0.15, 0.2) is 0 Å². The number of halogens is 1. The van der Waals surface area contributed by atoms with E-state index in [-0.39, 0.29) is 6.42 Å². The number of aromatic nitrogens is 1. The molecule has 3 rings (SSSR count). The summed E-state index contributed by atoms with van der Waals surface area (Å²) in [6.45, 7) is 4.26. The van der Waals surface area contributed by atoms with E-state index < -0.39 is 5.97 Å². The Labute approximate surface area is 139 Å². The predicted molar refractivity (Wildman–Crippen MR) is 94.2 cm³/mol. The van der Waals surface area contributed by atoms with Crippen LogP contribution in [0.4, 0.5) is 0 Å². The second-order valence-electron chi connectivity index (χ2n) is 6.02. The lowest BCUT2D eigenvalue weighted by atomic mass is 9.98. The number of nitrogens with one attached hydrogen (secondary N) is 1. The molecule has 0 amide bonds. The highest BCUT2D eigenvalue weighted by Gasteiger charge is 2.17. The van der Waals surface area contributed by atoms with Crippen LogP contribution in [-0.4, -0.2) is 16.1 Å². The highest BCUT2D eigenvalue weighted by molar-refractivity contribution is 6.30. The molecule has 1 aromatic heterocycles. The topological polar surface area (TPSA) is 53.1 Å². The molecular weight excluding hydrogens is 310 g/mol. The molecule has 0 atom stereocenters. The molecule has 0 saturated carbocycles. The van der Waals surface area contributed by atoms with Gasteiger partial charge in [0.05, 0.1) is 12.1 Å². The van der Waals surface area contributed by atoms with Crippen LogP contribution in [0.1, 0.15) is 30.9 Å². The number of benzene rings is 2. The number of H-pyrrole nitrogens is 1. The molecule has 0 saturated heterocycles. The third-order valence-corrected chi connectivity index (χ3v) is 4.27. The zero-order chi connectivity index (χ0) is 16.6. The summed E-state index contributed by atoms with van der Waals surface area (Å²) in [6.07, 6.45) is -0.0244. The lowest BCUT2D eigenvalue weighted by molar-refractivity contribution is -0.136. The minimum Gasteiger partial charge on any atom is -0.481 e. The highest BCUT2D eigenvalue weighted by atomic mass is 35.5. The number of carbonyl (C=O) groups is 1. The quantitative estimate of drug-likeness (QED) is 0.688. The maximum absolute atomic E-state index is 11.3. The number of rotatable bonds is 4. The van der Waals surface area contributed by atoms with E-state index in [1.54, 1.807) is 6.07 Å². The van der Waals surface area contributed by atoms with Crippen LogP contribution in [0.15, 0.2) is 42.5 Å². The maximum Gasteiger partial charge on any atom is 0.307 e. The van der Waals surface area contributed by atoms with E-state index in [4.69, 9.17) is 11.6 Å². The van der Waals surface area contributed by atoms with Crippen molar-refractivity contribution in [3.05, 3.63) is 58.6 Å². The summed E-state index contributed by atoms with van der Waals surface area (Å²) in [5.74, 6) is -0.453.